The molecule has 4 rings (SSSR count). The summed E-state index contributed by atoms with van der Waals surface area (Å²) in [7, 11) is -3.69. The van der Waals surface area contributed by atoms with Crippen molar-refractivity contribution in [2.75, 3.05) is 4.72 Å². The summed E-state index contributed by atoms with van der Waals surface area (Å²) in [5.74, 6) is 0.115. The lowest BCUT2D eigenvalue weighted by Crippen LogP contribution is -2.41. The Morgan fingerprint density at radius 3 is 2.07 bits per heavy atom. The van der Waals surface area contributed by atoms with E-state index in [1.807, 2.05) is 12.1 Å². The Morgan fingerprint density at radius 2 is 1.50 bits per heavy atom. The van der Waals surface area contributed by atoms with Crippen molar-refractivity contribution in [3.05, 3.63) is 59.1 Å². The maximum Gasteiger partial charge on any atom is 0.261 e. The molecule has 2 fully saturated rings. The molecule has 2 aliphatic carbocycles. The van der Waals surface area contributed by atoms with E-state index in [0.29, 0.717) is 10.7 Å². The average molecular weight is 447 g/mol. The molecule has 0 spiro atoms. The summed E-state index contributed by atoms with van der Waals surface area (Å²) in [4.78, 5) is 13.2. The fourth-order valence-corrected chi connectivity index (χ4v) is 5.39. The number of benzene rings is 2. The molecule has 2 aromatic carbocycles. The number of halogens is 1. The molecular weight excluding hydrogens is 420 g/mol. The molecule has 0 radical (unpaired) electrons. The van der Waals surface area contributed by atoms with Crippen molar-refractivity contribution in [2.24, 2.45) is 0 Å². The zero-order valence-corrected chi connectivity index (χ0v) is 18.4. The van der Waals surface area contributed by atoms with E-state index in [2.05, 4.69) is 10.0 Å². The molecule has 0 aromatic heterocycles. The SMILES string of the molecule is O=C(NC1CCCCCC1)C1(c2ccc(NS(=O)(=O)c3ccc(Cl)cc3)cc2)CC1. The highest BCUT2D eigenvalue weighted by Gasteiger charge is 2.51. The standard InChI is InChI=1S/C23H27ClN2O3S/c24-18-9-13-21(14-10-18)30(28,29)26-20-11-7-17(8-12-20)23(15-16-23)22(27)25-19-5-3-1-2-4-6-19/h7-14,19,26H,1-6,15-16H2,(H,25,27). The van der Waals surface area contributed by atoms with Crippen molar-refractivity contribution < 1.29 is 13.2 Å². The zero-order chi connectivity index (χ0) is 21.2. The highest BCUT2D eigenvalue weighted by molar-refractivity contribution is 7.92. The van der Waals surface area contributed by atoms with Gasteiger partial charge in [-0.25, -0.2) is 8.42 Å². The van der Waals surface area contributed by atoms with Crippen LogP contribution in [0.1, 0.15) is 56.9 Å². The Bertz CT molecular complexity index is 992. The summed E-state index contributed by atoms with van der Waals surface area (Å²) < 4.78 is 27.7. The summed E-state index contributed by atoms with van der Waals surface area (Å²) in [5, 5.41) is 3.76. The van der Waals surface area contributed by atoms with Gasteiger partial charge in [0.25, 0.3) is 10.0 Å². The molecule has 160 valence electrons. The lowest BCUT2D eigenvalue weighted by atomic mass is 9.94. The van der Waals surface area contributed by atoms with E-state index in [4.69, 9.17) is 11.6 Å². The second-order valence-electron chi connectivity index (χ2n) is 8.38. The van der Waals surface area contributed by atoms with Crippen molar-refractivity contribution in [1.82, 2.24) is 5.32 Å². The van der Waals surface area contributed by atoms with E-state index < -0.39 is 15.4 Å². The molecule has 0 unspecified atom stereocenters. The van der Waals surface area contributed by atoms with Gasteiger partial charge in [-0.3, -0.25) is 9.52 Å². The summed E-state index contributed by atoms with van der Waals surface area (Å²) in [6.07, 6.45) is 8.67. The van der Waals surface area contributed by atoms with Gasteiger partial charge in [0.05, 0.1) is 10.3 Å². The summed E-state index contributed by atoms with van der Waals surface area (Å²) in [5.41, 5.74) is 0.955. The van der Waals surface area contributed by atoms with Crippen molar-refractivity contribution in [3.63, 3.8) is 0 Å². The molecule has 0 bridgehead atoms. The predicted octanol–water partition coefficient (Wildman–Crippen LogP) is 5.01. The fraction of sp³-hybridized carbons (Fsp3) is 0.435. The van der Waals surface area contributed by atoms with Crippen LogP contribution in [0.3, 0.4) is 0 Å². The lowest BCUT2D eigenvalue weighted by Gasteiger charge is -2.22. The molecular formula is C23H27ClN2O3S. The Balaban J connectivity index is 1.44. The van der Waals surface area contributed by atoms with Crippen LogP contribution in [0.2, 0.25) is 5.02 Å². The van der Waals surface area contributed by atoms with Crippen molar-refractivity contribution >= 4 is 33.2 Å². The molecule has 0 aliphatic heterocycles. The number of carbonyl (C=O) groups is 1. The van der Waals surface area contributed by atoms with Gasteiger partial charge in [0, 0.05) is 16.8 Å². The van der Waals surface area contributed by atoms with E-state index in [-0.39, 0.29) is 16.8 Å². The number of rotatable bonds is 6. The molecule has 5 nitrogen and oxygen atoms in total. The van der Waals surface area contributed by atoms with E-state index in [1.165, 1.54) is 37.8 Å². The second kappa shape index (κ2) is 8.60. The highest BCUT2D eigenvalue weighted by atomic mass is 35.5. The van der Waals surface area contributed by atoms with Gasteiger partial charge in [-0.15, -0.1) is 0 Å². The van der Waals surface area contributed by atoms with E-state index in [0.717, 1.165) is 31.2 Å². The quantitative estimate of drug-likeness (QED) is 0.612. The van der Waals surface area contributed by atoms with Gasteiger partial charge in [0.2, 0.25) is 5.91 Å². The third kappa shape index (κ3) is 4.65. The van der Waals surface area contributed by atoms with Gasteiger partial charge in [0.1, 0.15) is 0 Å². The third-order valence-corrected chi connectivity index (χ3v) is 7.84. The molecule has 0 atom stereocenters. The molecule has 2 N–H and O–H groups in total. The van der Waals surface area contributed by atoms with E-state index >= 15 is 0 Å². The largest absolute Gasteiger partial charge is 0.353 e. The van der Waals surface area contributed by atoms with E-state index in [9.17, 15) is 13.2 Å². The number of sulfonamides is 1. The Morgan fingerprint density at radius 1 is 0.900 bits per heavy atom. The van der Waals surface area contributed by atoms with Crippen LogP contribution in [-0.4, -0.2) is 20.4 Å². The molecule has 30 heavy (non-hydrogen) atoms. The normalized spacial score (nSPS) is 19.0. The van der Waals surface area contributed by atoms with Crippen LogP contribution in [0.15, 0.2) is 53.4 Å². The van der Waals surface area contributed by atoms with Crippen LogP contribution in [0, 0.1) is 0 Å². The third-order valence-electron chi connectivity index (χ3n) is 6.19. The summed E-state index contributed by atoms with van der Waals surface area (Å²) >= 11 is 5.84. The van der Waals surface area contributed by atoms with Crippen LogP contribution in [0.4, 0.5) is 5.69 Å². The molecule has 0 heterocycles. The molecule has 2 aromatic rings. The molecule has 2 aliphatic rings. The van der Waals surface area contributed by atoms with Gasteiger partial charge in [-0.05, 0) is 67.6 Å². The summed E-state index contributed by atoms with van der Waals surface area (Å²) in [6, 6.07) is 13.5. The number of hydrogen-bond donors (Lipinski definition) is 2. The monoisotopic (exact) mass is 446 g/mol. The average Bonchev–Trinajstić information content (AvgIpc) is 3.54. The lowest BCUT2D eigenvalue weighted by molar-refractivity contribution is -0.124. The van der Waals surface area contributed by atoms with Crippen molar-refractivity contribution in [1.29, 1.82) is 0 Å². The Hall–Kier alpha value is -2.05. The number of amides is 1. The first kappa shape index (κ1) is 21.2. The maximum absolute atomic E-state index is 13.0. The van der Waals surface area contributed by atoms with Gasteiger partial charge in [0.15, 0.2) is 0 Å². The number of anilines is 1. The van der Waals surface area contributed by atoms with Crippen molar-refractivity contribution in [2.45, 2.75) is 67.7 Å². The smallest absolute Gasteiger partial charge is 0.261 e. The molecule has 1 amide bonds. The molecule has 0 saturated heterocycles. The highest BCUT2D eigenvalue weighted by Crippen LogP contribution is 2.48. The van der Waals surface area contributed by atoms with Crippen LogP contribution in [0.25, 0.3) is 0 Å². The topological polar surface area (TPSA) is 75.3 Å². The maximum atomic E-state index is 13.0. The first-order valence-corrected chi connectivity index (χ1v) is 12.5. The minimum Gasteiger partial charge on any atom is -0.353 e. The minimum atomic E-state index is -3.69. The zero-order valence-electron chi connectivity index (χ0n) is 16.9. The van der Waals surface area contributed by atoms with Crippen LogP contribution in [0.5, 0.6) is 0 Å². The van der Waals surface area contributed by atoms with Crippen molar-refractivity contribution in [3.8, 4) is 0 Å². The van der Waals surface area contributed by atoms with Gasteiger partial charge < -0.3 is 5.32 Å². The van der Waals surface area contributed by atoms with Gasteiger partial charge in [-0.1, -0.05) is 49.4 Å². The van der Waals surface area contributed by atoms with Crippen LogP contribution >= 0.6 is 11.6 Å². The first-order chi connectivity index (χ1) is 14.4. The predicted molar refractivity (Wildman–Crippen MR) is 119 cm³/mol. The molecule has 2 saturated carbocycles. The Labute approximate surface area is 183 Å². The number of carbonyl (C=O) groups excluding carboxylic acids is 1. The first-order valence-electron chi connectivity index (χ1n) is 10.6. The molecule has 7 heteroatoms. The van der Waals surface area contributed by atoms with Gasteiger partial charge >= 0.3 is 0 Å². The second-order valence-corrected chi connectivity index (χ2v) is 10.5. The number of hydrogen-bond acceptors (Lipinski definition) is 3. The number of nitrogens with one attached hydrogen (secondary N) is 2. The summed E-state index contributed by atoms with van der Waals surface area (Å²) in [6.45, 7) is 0. The van der Waals surface area contributed by atoms with Crippen LogP contribution in [-0.2, 0) is 20.2 Å². The fourth-order valence-electron chi connectivity index (χ4n) is 4.20. The van der Waals surface area contributed by atoms with Crippen LogP contribution < -0.4 is 10.0 Å². The van der Waals surface area contributed by atoms with E-state index in [1.54, 1.807) is 24.3 Å². The minimum absolute atomic E-state index is 0.115. The Kier molecular flexibility index (Phi) is 6.07. The van der Waals surface area contributed by atoms with Gasteiger partial charge in [-0.2, -0.15) is 0 Å².